The highest BCUT2D eigenvalue weighted by molar-refractivity contribution is 5.74. The van der Waals surface area contributed by atoms with Crippen molar-refractivity contribution in [3.05, 3.63) is 35.4 Å². The fourth-order valence-electron chi connectivity index (χ4n) is 3.97. The van der Waals surface area contributed by atoms with E-state index < -0.39 is 11.4 Å². The van der Waals surface area contributed by atoms with E-state index in [1.807, 2.05) is 13.8 Å². The molecular weight excluding hydrogens is 262 g/mol. The van der Waals surface area contributed by atoms with Gasteiger partial charge in [0.25, 0.3) is 0 Å². The molecule has 0 radical (unpaired) electrons. The smallest absolute Gasteiger partial charge is 0.309 e. The van der Waals surface area contributed by atoms with Gasteiger partial charge in [0.2, 0.25) is 0 Å². The number of likely N-dealkylation sites (tertiary alicyclic amines) is 1. The van der Waals surface area contributed by atoms with Crippen molar-refractivity contribution >= 4 is 5.97 Å². The Morgan fingerprint density at radius 1 is 1.29 bits per heavy atom. The van der Waals surface area contributed by atoms with Crippen molar-refractivity contribution in [3.8, 4) is 0 Å². The molecule has 1 aromatic rings. The Labute approximate surface area is 127 Å². The van der Waals surface area contributed by atoms with Gasteiger partial charge in [-0.05, 0) is 63.1 Å². The molecule has 1 heterocycles. The molecule has 1 saturated heterocycles. The molecule has 2 aliphatic rings. The van der Waals surface area contributed by atoms with Crippen LogP contribution in [-0.4, -0.2) is 29.1 Å². The molecule has 1 fully saturated rings. The number of fused-ring (bicyclic) bond motifs is 1. The lowest BCUT2D eigenvalue weighted by molar-refractivity contribution is -0.151. The number of piperidine rings is 1. The van der Waals surface area contributed by atoms with Gasteiger partial charge in [-0.1, -0.05) is 24.3 Å². The van der Waals surface area contributed by atoms with Gasteiger partial charge in [0.1, 0.15) is 0 Å². The molecule has 0 aromatic heterocycles. The van der Waals surface area contributed by atoms with Crippen molar-refractivity contribution in [2.75, 3.05) is 13.1 Å². The minimum atomic E-state index is -0.666. The van der Waals surface area contributed by atoms with Gasteiger partial charge < -0.3 is 5.11 Å². The van der Waals surface area contributed by atoms with E-state index in [2.05, 4.69) is 29.2 Å². The minimum absolute atomic E-state index is 0.247. The predicted molar refractivity (Wildman–Crippen MR) is 83.2 cm³/mol. The monoisotopic (exact) mass is 287 g/mol. The van der Waals surface area contributed by atoms with E-state index in [0.717, 1.165) is 32.4 Å². The number of hydrogen-bond acceptors (Lipinski definition) is 2. The first-order valence-electron chi connectivity index (χ1n) is 8.05. The normalized spacial score (nSPS) is 26.6. The summed E-state index contributed by atoms with van der Waals surface area (Å²) in [5.74, 6) is -0.419. The lowest BCUT2D eigenvalue weighted by atomic mass is 9.74. The van der Waals surface area contributed by atoms with Crippen molar-refractivity contribution in [2.24, 2.45) is 11.3 Å². The van der Waals surface area contributed by atoms with Crippen LogP contribution in [0.3, 0.4) is 0 Å². The third kappa shape index (κ3) is 2.59. The van der Waals surface area contributed by atoms with E-state index in [9.17, 15) is 9.90 Å². The van der Waals surface area contributed by atoms with Crippen LogP contribution in [0, 0.1) is 11.3 Å². The second-order valence-corrected chi connectivity index (χ2v) is 7.11. The molecule has 1 aliphatic heterocycles. The Morgan fingerprint density at radius 3 is 2.81 bits per heavy atom. The Bertz CT molecular complexity index is 538. The average Bonchev–Trinajstić information content (AvgIpc) is 2.91. The zero-order chi connectivity index (χ0) is 15.0. The topological polar surface area (TPSA) is 40.5 Å². The van der Waals surface area contributed by atoms with Crippen LogP contribution in [-0.2, 0) is 11.2 Å². The van der Waals surface area contributed by atoms with E-state index >= 15 is 0 Å². The number of carboxylic acids is 1. The fourth-order valence-corrected chi connectivity index (χ4v) is 3.97. The van der Waals surface area contributed by atoms with Gasteiger partial charge in [0.05, 0.1) is 5.41 Å². The van der Waals surface area contributed by atoms with Crippen LogP contribution < -0.4 is 0 Å². The molecule has 1 N–H and O–H groups in total. The van der Waals surface area contributed by atoms with Crippen LogP contribution in [0.5, 0.6) is 0 Å². The lowest BCUT2D eigenvalue weighted by Gasteiger charge is -2.42. The number of carboxylic acid groups (broad SMARTS) is 1. The summed E-state index contributed by atoms with van der Waals surface area (Å²) in [5, 5.41) is 9.48. The molecule has 2 unspecified atom stereocenters. The van der Waals surface area contributed by atoms with Crippen molar-refractivity contribution in [1.29, 1.82) is 0 Å². The van der Waals surface area contributed by atoms with Gasteiger partial charge in [-0.25, -0.2) is 0 Å². The minimum Gasteiger partial charge on any atom is -0.481 e. The van der Waals surface area contributed by atoms with Crippen molar-refractivity contribution < 1.29 is 9.90 Å². The first kappa shape index (κ1) is 14.6. The van der Waals surface area contributed by atoms with Crippen LogP contribution in [0.2, 0.25) is 0 Å². The fraction of sp³-hybridized carbons (Fsp3) is 0.611. The highest BCUT2D eigenvalue weighted by atomic mass is 16.4. The van der Waals surface area contributed by atoms with E-state index in [-0.39, 0.29) is 5.92 Å². The van der Waals surface area contributed by atoms with Crippen LogP contribution in [0.25, 0.3) is 0 Å². The Hall–Kier alpha value is -1.35. The molecule has 0 amide bonds. The van der Waals surface area contributed by atoms with Gasteiger partial charge in [0.15, 0.2) is 0 Å². The van der Waals surface area contributed by atoms with Gasteiger partial charge >= 0.3 is 5.97 Å². The predicted octanol–water partition coefficient (Wildman–Crippen LogP) is 3.50. The Balaban J connectivity index is 1.77. The second kappa shape index (κ2) is 5.45. The first-order valence-corrected chi connectivity index (χ1v) is 8.05. The number of aliphatic carboxylic acids is 1. The number of rotatable bonds is 3. The highest BCUT2D eigenvalue weighted by Gasteiger charge is 2.41. The summed E-state index contributed by atoms with van der Waals surface area (Å²) in [6, 6.07) is 9.22. The summed E-state index contributed by atoms with van der Waals surface area (Å²) in [5.41, 5.74) is 2.31. The molecule has 21 heavy (non-hydrogen) atoms. The molecule has 3 heteroatoms. The van der Waals surface area contributed by atoms with Crippen LogP contribution in [0.15, 0.2) is 24.3 Å². The Kier molecular flexibility index (Phi) is 3.78. The summed E-state index contributed by atoms with van der Waals surface area (Å²) in [6.45, 7) is 5.78. The van der Waals surface area contributed by atoms with E-state index in [1.54, 1.807) is 0 Å². The lowest BCUT2D eigenvalue weighted by Crippen LogP contribution is -2.45. The molecule has 3 nitrogen and oxygen atoms in total. The number of nitrogens with zero attached hydrogens (tertiary/aromatic N) is 1. The van der Waals surface area contributed by atoms with Crippen LogP contribution in [0.4, 0.5) is 0 Å². The molecule has 0 bridgehead atoms. The molecule has 1 aliphatic carbocycles. The second-order valence-electron chi connectivity index (χ2n) is 7.11. The van der Waals surface area contributed by atoms with Gasteiger partial charge in [-0.3, -0.25) is 9.69 Å². The Morgan fingerprint density at radius 2 is 2.05 bits per heavy atom. The SMILES string of the molecule is CC(C)(C(=O)O)C1CCCN(C2CCc3ccccc32)C1. The zero-order valence-electron chi connectivity index (χ0n) is 13.0. The van der Waals surface area contributed by atoms with E-state index in [4.69, 9.17) is 0 Å². The van der Waals surface area contributed by atoms with Crippen molar-refractivity contribution in [3.63, 3.8) is 0 Å². The van der Waals surface area contributed by atoms with Crippen LogP contribution >= 0.6 is 0 Å². The summed E-state index contributed by atoms with van der Waals surface area (Å²) in [7, 11) is 0. The van der Waals surface area contributed by atoms with Gasteiger partial charge in [0, 0.05) is 12.6 Å². The van der Waals surface area contributed by atoms with Gasteiger partial charge in [-0.2, -0.15) is 0 Å². The molecule has 0 spiro atoms. The van der Waals surface area contributed by atoms with Gasteiger partial charge in [-0.15, -0.1) is 0 Å². The molecular formula is C18H25NO2. The molecule has 114 valence electrons. The summed E-state index contributed by atoms with van der Waals surface area (Å²) in [4.78, 5) is 14.1. The average molecular weight is 287 g/mol. The van der Waals surface area contributed by atoms with Crippen molar-refractivity contribution in [2.45, 2.75) is 45.6 Å². The summed E-state index contributed by atoms with van der Waals surface area (Å²) >= 11 is 0. The largest absolute Gasteiger partial charge is 0.481 e. The van der Waals surface area contributed by atoms with E-state index in [1.165, 1.54) is 17.5 Å². The number of aryl methyl sites for hydroxylation is 1. The maximum absolute atomic E-state index is 11.5. The first-order chi connectivity index (χ1) is 10.00. The maximum Gasteiger partial charge on any atom is 0.309 e. The molecule has 1 aromatic carbocycles. The number of hydrogen-bond donors (Lipinski definition) is 1. The summed E-state index contributed by atoms with van der Waals surface area (Å²) < 4.78 is 0. The molecule has 2 atom stereocenters. The van der Waals surface area contributed by atoms with E-state index in [0.29, 0.717) is 6.04 Å². The molecule has 0 saturated carbocycles. The summed E-state index contributed by atoms with van der Waals surface area (Å²) in [6.07, 6.45) is 4.48. The number of benzene rings is 1. The maximum atomic E-state index is 11.5. The quantitative estimate of drug-likeness (QED) is 0.925. The third-order valence-electron chi connectivity index (χ3n) is 5.57. The third-order valence-corrected chi connectivity index (χ3v) is 5.57. The number of carbonyl (C=O) groups is 1. The standard InChI is InChI=1S/C18H25NO2/c1-18(2,17(20)21)14-7-5-11-19(12-14)16-10-9-13-6-3-4-8-15(13)16/h3-4,6,8,14,16H,5,7,9-12H2,1-2H3,(H,20,21). The van der Waals surface area contributed by atoms with Crippen molar-refractivity contribution in [1.82, 2.24) is 4.90 Å². The molecule has 3 rings (SSSR count). The highest BCUT2D eigenvalue weighted by Crippen LogP contribution is 2.41. The van der Waals surface area contributed by atoms with Crippen LogP contribution in [0.1, 0.15) is 50.3 Å². The zero-order valence-corrected chi connectivity index (χ0v) is 13.0.